The molecule has 0 unspecified atom stereocenters. The Kier molecular flexibility index (Phi) is 4.86. The number of hydrogen-bond donors (Lipinski definition) is 2. The van der Waals surface area contributed by atoms with Gasteiger partial charge in [0.1, 0.15) is 11.4 Å². The fourth-order valence-electron chi connectivity index (χ4n) is 2.26. The highest BCUT2D eigenvalue weighted by Crippen LogP contribution is 2.18. The summed E-state index contributed by atoms with van der Waals surface area (Å²) >= 11 is 0. The maximum atomic E-state index is 12.3. The molecule has 1 aromatic carbocycles. The van der Waals surface area contributed by atoms with Crippen LogP contribution in [-0.2, 0) is 14.8 Å². The van der Waals surface area contributed by atoms with Gasteiger partial charge in [-0.3, -0.25) is 0 Å². The minimum absolute atomic E-state index is 0.000849. The van der Waals surface area contributed by atoms with Gasteiger partial charge in [-0.1, -0.05) is 0 Å². The number of benzene rings is 1. The summed E-state index contributed by atoms with van der Waals surface area (Å²) in [6.07, 6.45) is 0.0835. The van der Waals surface area contributed by atoms with Crippen molar-refractivity contribution in [2.75, 3.05) is 13.1 Å². The number of aromatic hydroxyl groups is 1. The predicted molar refractivity (Wildman–Crippen MR) is 84.6 cm³/mol. The number of sulfonamides is 1. The summed E-state index contributed by atoms with van der Waals surface area (Å²) in [5.74, 6) is 0.000849. The number of nitrogens with one attached hydrogen (secondary N) is 1. The van der Waals surface area contributed by atoms with E-state index in [0.717, 1.165) is 0 Å². The zero-order chi connectivity index (χ0) is 17.3. The van der Waals surface area contributed by atoms with Gasteiger partial charge >= 0.3 is 6.09 Å². The maximum Gasteiger partial charge on any atom is 0.410 e. The van der Waals surface area contributed by atoms with E-state index in [1.165, 1.54) is 29.2 Å². The zero-order valence-corrected chi connectivity index (χ0v) is 14.3. The van der Waals surface area contributed by atoms with Gasteiger partial charge in [0.25, 0.3) is 0 Å². The van der Waals surface area contributed by atoms with E-state index in [9.17, 15) is 18.3 Å². The number of rotatable bonds is 3. The standard InChI is InChI=1S/C15H22N2O5S/c1-15(2,3)22-14(19)17-9-8-11(10-17)16-23(20,21)13-6-4-12(18)5-7-13/h4-7,11,16,18H,8-10H2,1-3H3/t11-/m0/s1. The molecule has 0 saturated carbocycles. The fourth-order valence-corrected chi connectivity index (χ4v) is 3.52. The van der Waals surface area contributed by atoms with E-state index in [2.05, 4.69) is 4.72 Å². The van der Waals surface area contributed by atoms with Crippen LogP contribution in [0, 0.1) is 0 Å². The number of amides is 1. The number of hydrogen-bond acceptors (Lipinski definition) is 5. The molecule has 1 aromatic rings. The molecule has 0 aliphatic carbocycles. The lowest BCUT2D eigenvalue weighted by Crippen LogP contribution is -2.40. The molecule has 1 aliphatic rings. The highest BCUT2D eigenvalue weighted by molar-refractivity contribution is 7.89. The molecule has 0 radical (unpaired) electrons. The first-order valence-corrected chi connectivity index (χ1v) is 8.84. The molecule has 1 aliphatic heterocycles. The van der Waals surface area contributed by atoms with Crippen LogP contribution in [0.3, 0.4) is 0 Å². The Bertz CT molecular complexity index is 664. The maximum absolute atomic E-state index is 12.3. The van der Waals surface area contributed by atoms with Crippen molar-refractivity contribution in [2.24, 2.45) is 0 Å². The average Bonchev–Trinajstić information content (AvgIpc) is 2.85. The lowest BCUT2D eigenvalue weighted by molar-refractivity contribution is 0.0292. The Morgan fingerprint density at radius 1 is 1.30 bits per heavy atom. The third-order valence-corrected chi connectivity index (χ3v) is 4.85. The van der Waals surface area contributed by atoms with Crippen LogP contribution in [0.2, 0.25) is 0 Å². The molecule has 0 bridgehead atoms. The minimum Gasteiger partial charge on any atom is -0.508 e. The van der Waals surface area contributed by atoms with Crippen LogP contribution in [0.5, 0.6) is 5.75 Å². The summed E-state index contributed by atoms with van der Waals surface area (Å²) < 4.78 is 32.4. The Morgan fingerprint density at radius 3 is 2.48 bits per heavy atom. The van der Waals surface area contributed by atoms with E-state index >= 15 is 0 Å². The highest BCUT2D eigenvalue weighted by Gasteiger charge is 2.32. The van der Waals surface area contributed by atoms with E-state index in [0.29, 0.717) is 13.0 Å². The molecule has 1 heterocycles. The molecule has 2 rings (SSSR count). The Labute approximate surface area is 136 Å². The molecule has 1 amide bonds. The molecular formula is C15H22N2O5S. The predicted octanol–water partition coefficient (Wildman–Crippen LogP) is 1.68. The highest BCUT2D eigenvalue weighted by atomic mass is 32.2. The van der Waals surface area contributed by atoms with Gasteiger partial charge in [-0.05, 0) is 51.5 Å². The molecule has 0 aromatic heterocycles. The van der Waals surface area contributed by atoms with E-state index in [-0.39, 0.29) is 23.2 Å². The number of nitrogens with zero attached hydrogens (tertiary/aromatic N) is 1. The number of carbonyl (C=O) groups excluding carboxylic acids is 1. The lowest BCUT2D eigenvalue weighted by atomic mass is 10.2. The molecule has 2 N–H and O–H groups in total. The van der Waals surface area contributed by atoms with Crippen molar-refractivity contribution in [3.05, 3.63) is 24.3 Å². The molecule has 7 nitrogen and oxygen atoms in total. The number of phenols is 1. The number of likely N-dealkylation sites (tertiary alicyclic amines) is 1. The van der Waals surface area contributed by atoms with Crippen LogP contribution >= 0.6 is 0 Å². The van der Waals surface area contributed by atoms with Crippen molar-refractivity contribution < 1.29 is 23.1 Å². The quantitative estimate of drug-likeness (QED) is 0.871. The fraction of sp³-hybridized carbons (Fsp3) is 0.533. The van der Waals surface area contributed by atoms with Crippen molar-refractivity contribution in [2.45, 2.75) is 43.7 Å². The molecule has 8 heteroatoms. The molecule has 0 spiro atoms. The van der Waals surface area contributed by atoms with Crippen LogP contribution in [0.4, 0.5) is 4.79 Å². The van der Waals surface area contributed by atoms with Gasteiger partial charge < -0.3 is 14.7 Å². The third kappa shape index (κ3) is 4.84. The van der Waals surface area contributed by atoms with Crippen molar-refractivity contribution in [3.63, 3.8) is 0 Å². The number of phenolic OH excluding ortho intramolecular Hbond substituents is 1. The van der Waals surface area contributed by atoms with E-state index in [1.807, 2.05) is 0 Å². The smallest absolute Gasteiger partial charge is 0.410 e. The largest absolute Gasteiger partial charge is 0.508 e. The first-order chi connectivity index (χ1) is 10.6. The van der Waals surface area contributed by atoms with Gasteiger partial charge in [0.15, 0.2) is 0 Å². The molecule has 1 fully saturated rings. The Morgan fingerprint density at radius 2 is 1.91 bits per heavy atom. The Hall–Kier alpha value is -1.80. The number of ether oxygens (including phenoxy) is 1. The minimum atomic E-state index is -3.68. The summed E-state index contributed by atoms with van der Waals surface area (Å²) in [7, 11) is -3.68. The topological polar surface area (TPSA) is 95.9 Å². The summed E-state index contributed by atoms with van der Waals surface area (Å²) in [4.78, 5) is 13.5. The van der Waals surface area contributed by atoms with Gasteiger partial charge in [0, 0.05) is 19.1 Å². The van der Waals surface area contributed by atoms with Gasteiger partial charge in [-0.2, -0.15) is 0 Å². The van der Waals surface area contributed by atoms with Crippen LogP contribution in [0.15, 0.2) is 29.2 Å². The average molecular weight is 342 g/mol. The summed E-state index contributed by atoms with van der Waals surface area (Å²) in [5.41, 5.74) is -0.583. The van der Waals surface area contributed by atoms with E-state index in [1.54, 1.807) is 20.8 Å². The SMILES string of the molecule is CC(C)(C)OC(=O)N1CC[C@H](NS(=O)(=O)c2ccc(O)cc2)C1. The summed E-state index contributed by atoms with van der Waals surface area (Å²) in [5, 5.41) is 9.22. The summed E-state index contributed by atoms with van der Waals surface area (Å²) in [6.45, 7) is 6.06. The van der Waals surface area contributed by atoms with Crippen LogP contribution in [-0.4, -0.2) is 49.2 Å². The second-order valence-corrected chi connectivity index (χ2v) is 8.24. The zero-order valence-electron chi connectivity index (χ0n) is 13.4. The summed E-state index contributed by atoms with van der Waals surface area (Å²) in [6, 6.07) is 4.93. The molecule has 1 saturated heterocycles. The molecule has 1 atom stereocenters. The second-order valence-electron chi connectivity index (χ2n) is 6.53. The molecule has 23 heavy (non-hydrogen) atoms. The first kappa shape index (κ1) is 17.6. The molecular weight excluding hydrogens is 320 g/mol. The van der Waals surface area contributed by atoms with Gasteiger partial charge in [0.2, 0.25) is 10.0 Å². The Balaban J connectivity index is 1.97. The first-order valence-electron chi connectivity index (χ1n) is 7.36. The van der Waals surface area contributed by atoms with Gasteiger partial charge in [-0.15, -0.1) is 0 Å². The number of carbonyl (C=O) groups is 1. The van der Waals surface area contributed by atoms with Crippen molar-refractivity contribution in [1.82, 2.24) is 9.62 Å². The van der Waals surface area contributed by atoms with Gasteiger partial charge in [0.05, 0.1) is 4.90 Å². The lowest BCUT2D eigenvalue weighted by Gasteiger charge is -2.24. The van der Waals surface area contributed by atoms with Crippen molar-refractivity contribution in [3.8, 4) is 5.75 Å². The van der Waals surface area contributed by atoms with Crippen LogP contribution in [0.1, 0.15) is 27.2 Å². The normalized spacial score (nSPS) is 18.9. The van der Waals surface area contributed by atoms with E-state index in [4.69, 9.17) is 4.74 Å². The molecule has 128 valence electrons. The van der Waals surface area contributed by atoms with Crippen LogP contribution < -0.4 is 4.72 Å². The van der Waals surface area contributed by atoms with Crippen molar-refractivity contribution >= 4 is 16.1 Å². The monoisotopic (exact) mass is 342 g/mol. The van der Waals surface area contributed by atoms with Crippen LogP contribution in [0.25, 0.3) is 0 Å². The van der Waals surface area contributed by atoms with Gasteiger partial charge in [-0.25, -0.2) is 17.9 Å². The second kappa shape index (κ2) is 6.37. The van der Waals surface area contributed by atoms with E-state index < -0.39 is 21.7 Å². The third-order valence-electron chi connectivity index (χ3n) is 3.31. The van der Waals surface area contributed by atoms with Crippen molar-refractivity contribution in [1.29, 1.82) is 0 Å².